The van der Waals surface area contributed by atoms with E-state index in [-0.39, 0.29) is 36.7 Å². The van der Waals surface area contributed by atoms with Gasteiger partial charge in [0, 0.05) is 0 Å². The monoisotopic (exact) mass is 480 g/mol. The Kier molecular flexibility index (Phi) is 8.36. The van der Waals surface area contributed by atoms with Crippen molar-refractivity contribution >= 4 is 12.0 Å². The molecular weight excluding hydrogens is 452 g/mol. The second kappa shape index (κ2) is 11.2. The number of aliphatic imine (C=N–C) groups is 2. The van der Waals surface area contributed by atoms with Crippen molar-refractivity contribution in [3.8, 4) is 0 Å². The van der Waals surface area contributed by atoms with Crippen molar-refractivity contribution in [1.29, 1.82) is 0 Å². The van der Waals surface area contributed by atoms with Crippen LogP contribution in [0.15, 0.2) is 58.5 Å². The first-order valence-electron chi connectivity index (χ1n) is 10.9. The molecule has 0 radical (unpaired) electrons. The summed E-state index contributed by atoms with van der Waals surface area (Å²) in [5.74, 6) is -0.183. The number of hydrogen-bond donors (Lipinski definition) is 2. The van der Waals surface area contributed by atoms with Gasteiger partial charge in [-0.05, 0) is 54.5 Å². The molecule has 0 fully saturated rings. The van der Waals surface area contributed by atoms with Crippen LogP contribution >= 0.6 is 0 Å². The van der Waals surface area contributed by atoms with Crippen LogP contribution in [0.5, 0.6) is 0 Å². The van der Waals surface area contributed by atoms with Gasteiger partial charge in [0.05, 0.1) is 17.6 Å². The zero-order valence-corrected chi connectivity index (χ0v) is 18.8. The number of nitrogens with zero attached hydrogens (tertiary/aromatic N) is 2. The van der Waals surface area contributed by atoms with Gasteiger partial charge in [0.1, 0.15) is 19.0 Å². The van der Waals surface area contributed by atoms with E-state index >= 15 is 0 Å². The van der Waals surface area contributed by atoms with Gasteiger partial charge in [0.15, 0.2) is 0 Å². The van der Waals surface area contributed by atoms with Gasteiger partial charge in [-0.3, -0.25) is 0 Å². The van der Waals surface area contributed by atoms with Crippen LogP contribution < -0.4 is 11.5 Å². The molecule has 0 amide bonds. The largest absolute Gasteiger partial charge is 0.463 e. The summed E-state index contributed by atoms with van der Waals surface area (Å²) in [6.07, 6.45) is -2.91. The number of amidine groups is 2. The highest BCUT2D eigenvalue weighted by Gasteiger charge is 2.31. The lowest BCUT2D eigenvalue weighted by molar-refractivity contribution is -0.137. The van der Waals surface area contributed by atoms with Gasteiger partial charge in [0.25, 0.3) is 12.0 Å². The maximum absolute atomic E-state index is 13.4. The molecule has 4 N–H and O–H groups in total. The zero-order valence-electron chi connectivity index (χ0n) is 18.8. The quantitative estimate of drug-likeness (QED) is 0.610. The lowest BCUT2D eigenvalue weighted by atomic mass is 9.95. The number of benzene rings is 2. The molecule has 3 atom stereocenters. The van der Waals surface area contributed by atoms with Crippen molar-refractivity contribution in [3.05, 3.63) is 71.0 Å². The molecular formula is C24H28F4N4O2. The first-order valence-corrected chi connectivity index (χ1v) is 10.9. The van der Waals surface area contributed by atoms with Crippen molar-refractivity contribution in [2.24, 2.45) is 27.4 Å². The van der Waals surface area contributed by atoms with E-state index in [1.807, 2.05) is 6.07 Å². The molecule has 1 unspecified atom stereocenters. The molecule has 0 saturated carbocycles. The number of alkyl halides is 3. The number of halogens is 4. The van der Waals surface area contributed by atoms with Crippen molar-refractivity contribution in [1.82, 2.24) is 0 Å². The molecule has 0 bridgehead atoms. The first kappa shape index (κ1) is 25.3. The zero-order chi connectivity index (χ0) is 24.7. The smallest absolute Gasteiger partial charge is 0.416 e. The molecule has 2 heterocycles. The number of aryl methyl sites for hydroxylation is 1. The Hall–Kier alpha value is -3.30. The highest BCUT2D eigenvalue weighted by atomic mass is 19.4. The minimum Gasteiger partial charge on any atom is -0.463 e. The summed E-state index contributed by atoms with van der Waals surface area (Å²) in [5, 5.41) is 0. The molecule has 184 valence electrons. The molecule has 4 rings (SSSR count). The molecule has 0 aromatic heterocycles. The lowest BCUT2D eigenvalue weighted by Crippen LogP contribution is -2.19. The minimum absolute atomic E-state index is 0.0236. The highest BCUT2D eigenvalue weighted by Crippen LogP contribution is 2.30. The fourth-order valence-electron chi connectivity index (χ4n) is 3.67. The van der Waals surface area contributed by atoms with Crippen molar-refractivity contribution in [2.45, 2.75) is 44.4 Å². The minimum atomic E-state index is -4.47. The fraction of sp³-hybridized carbons (Fsp3) is 0.417. The molecule has 0 aliphatic carbocycles. The Labute approximate surface area is 195 Å². The predicted molar refractivity (Wildman–Crippen MR) is 122 cm³/mol. The Bertz CT molecular complexity index is 1010. The van der Waals surface area contributed by atoms with Crippen LogP contribution in [0.4, 0.5) is 17.6 Å². The topological polar surface area (TPSA) is 95.2 Å². The summed E-state index contributed by atoms with van der Waals surface area (Å²) >= 11 is 0. The van der Waals surface area contributed by atoms with Gasteiger partial charge in [0.2, 0.25) is 0 Å². The van der Waals surface area contributed by atoms with Crippen LogP contribution in [-0.2, 0) is 28.5 Å². The average Bonchev–Trinajstić information content (AvgIpc) is 3.41. The maximum atomic E-state index is 13.4. The molecule has 2 aromatic carbocycles. The summed E-state index contributed by atoms with van der Waals surface area (Å²) in [4.78, 5) is 8.19. The number of ether oxygens (including phenoxy) is 2. The fourth-order valence-corrected chi connectivity index (χ4v) is 3.67. The van der Waals surface area contributed by atoms with Gasteiger partial charge < -0.3 is 20.9 Å². The molecule has 10 heteroatoms. The molecule has 0 saturated heterocycles. The molecule has 0 spiro atoms. The van der Waals surface area contributed by atoms with Crippen LogP contribution in [0.1, 0.15) is 30.0 Å². The average molecular weight is 481 g/mol. The SMILES string of the molecule is CC(Cc1ccccc1)[C@H]1COC(N)=N1.NC1=N[C@@H](CCc2cc(C(F)(F)F)ccc2F)CO1. The van der Waals surface area contributed by atoms with Crippen LogP contribution in [0.2, 0.25) is 0 Å². The van der Waals surface area contributed by atoms with Crippen LogP contribution in [-0.4, -0.2) is 37.3 Å². The van der Waals surface area contributed by atoms with Crippen LogP contribution in [0.25, 0.3) is 0 Å². The number of nitrogens with two attached hydrogens (primary N) is 2. The second-order valence-electron chi connectivity index (χ2n) is 8.29. The predicted octanol–water partition coefficient (Wildman–Crippen LogP) is 4.07. The summed E-state index contributed by atoms with van der Waals surface area (Å²) in [5.41, 5.74) is 11.3. The van der Waals surface area contributed by atoms with E-state index in [1.54, 1.807) is 0 Å². The summed E-state index contributed by atoms with van der Waals surface area (Å²) in [6, 6.07) is 13.2. The third kappa shape index (κ3) is 7.36. The molecule has 2 aliphatic heterocycles. The van der Waals surface area contributed by atoms with Crippen LogP contribution in [0, 0.1) is 11.7 Å². The van der Waals surface area contributed by atoms with Gasteiger partial charge in [-0.1, -0.05) is 37.3 Å². The number of rotatable bonds is 6. The third-order valence-corrected chi connectivity index (χ3v) is 5.61. The van der Waals surface area contributed by atoms with E-state index in [0.717, 1.165) is 24.6 Å². The Balaban J connectivity index is 0.000000196. The van der Waals surface area contributed by atoms with Gasteiger partial charge in [-0.25, -0.2) is 14.4 Å². The normalized spacial score (nSPS) is 20.4. The lowest BCUT2D eigenvalue weighted by Gasteiger charge is -2.14. The van der Waals surface area contributed by atoms with Crippen molar-refractivity contribution in [2.75, 3.05) is 13.2 Å². The van der Waals surface area contributed by atoms with Crippen LogP contribution in [0.3, 0.4) is 0 Å². The number of hydrogen-bond acceptors (Lipinski definition) is 6. The molecule has 2 aliphatic rings. The van der Waals surface area contributed by atoms with E-state index in [4.69, 9.17) is 20.9 Å². The molecule has 6 nitrogen and oxygen atoms in total. The van der Waals surface area contributed by atoms with Gasteiger partial charge in [-0.15, -0.1) is 0 Å². The second-order valence-corrected chi connectivity index (χ2v) is 8.29. The standard InChI is InChI=1S/C12H12F4N2O.C12H16N2O/c13-10-4-2-8(12(14,15)16)5-7(10)1-3-9-6-19-11(17)18-9;1-9(11-8-15-12(13)14-11)7-10-5-3-2-4-6-10/h2,4-5,9H,1,3,6H2,(H2,17,18);2-6,9,11H,7-8H2,1H3,(H2,13,14)/t9-;9?,11-/m01/s1. The summed E-state index contributed by atoms with van der Waals surface area (Å²) in [6.45, 7) is 3.09. The Morgan fingerprint density at radius 1 is 1.00 bits per heavy atom. The Morgan fingerprint density at radius 3 is 2.26 bits per heavy atom. The van der Waals surface area contributed by atoms with E-state index < -0.39 is 17.6 Å². The van der Waals surface area contributed by atoms with E-state index in [9.17, 15) is 17.6 Å². The van der Waals surface area contributed by atoms with E-state index in [0.29, 0.717) is 25.0 Å². The molecule has 2 aromatic rings. The summed E-state index contributed by atoms with van der Waals surface area (Å²) in [7, 11) is 0. The first-order chi connectivity index (χ1) is 16.1. The van der Waals surface area contributed by atoms with Crippen molar-refractivity contribution < 1.29 is 27.0 Å². The van der Waals surface area contributed by atoms with Gasteiger partial charge in [-0.2, -0.15) is 13.2 Å². The summed E-state index contributed by atoms with van der Waals surface area (Å²) < 4.78 is 61.1. The third-order valence-electron chi connectivity index (χ3n) is 5.61. The van der Waals surface area contributed by atoms with Crippen molar-refractivity contribution in [3.63, 3.8) is 0 Å². The molecule has 34 heavy (non-hydrogen) atoms. The maximum Gasteiger partial charge on any atom is 0.416 e. The van der Waals surface area contributed by atoms with E-state index in [1.165, 1.54) is 5.56 Å². The van der Waals surface area contributed by atoms with Gasteiger partial charge >= 0.3 is 6.18 Å². The van der Waals surface area contributed by atoms with E-state index in [2.05, 4.69) is 41.2 Å². The highest BCUT2D eigenvalue weighted by molar-refractivity contribution is 5.73. The Morgan fingerprint density at radius 2 is 1.68 bits per heavy atom.